The van der Waals surface area contributed by atoms with Gasteiger partial charge >= 0.3 is 0 Å². The van der Waals surface area contributed by atoms with Crippen LogP contribution in [0.5, 0.6) is 0 Å². The van der Waals surface area contributed by atoms with Crippen LogP contribution in [0.4, 0.5) is 10.1 Å². The minimum atomic E-state index is -0.319. The van der Waals surface area contributed by atoms with Crippen molar-refractivity contribution < 1.29 is 13.9 Å². The Morgan fingerprint density at radius 2 is 2.13 bits per heavy atom. The van der Waals surface area contributed by atoms with Crippen molar-refractivity contribution in [2.75, 3.05) is 17.7 Å². The smallest absolute Gasteiger partial charge is 0.234 e. The maximum atomic E-state index is 13.3. The predicted molar refractivity (Wildman–Crippen MR) is 115 cm³/mol. The van der Waals surface area contributed by atoms with Gasteiger partial charge < -0.3 is 10.1 Å². The summed E-state index contributed by atoms with van der Waals surface area (Å²) in [5, 5.41) is 20.9. The first-order valence-electron chi connectivity index (χ1n) is 9.86. The number of thioether (sulfide) groups is 1. The van der Waals surface area contributed by atoms with E-state index in [1.54, 1.807) is 36.4 Å². The number of benzene rings is 2. The van der Waals surface area contributed by atoms with Crippen LogP contribution in [0.2, 0.25) is 0 Å². The molecule has 0 spiro atoms. The third-order valence-electron chi connectivity index (χ3n) is 4.84. The molecule has 9 heteroatoms. The molecule has 1 N–H and O–H groups in total. The van der Waals surface area contributed by atoms with Gasteiger partial charge in [0.05, 0.1) is 30.0 Å². The summed E-state index contributed by atoms with van der Waals surface area (Å²) in [6, 6.07) is 14.9. The fourth-order valence-electron chi connectivity index (χ4n) is 3.36. The standard InChI is InChI=1S/C22H20FN5O2S/c23-17-8-6-16(7-9-17)21-26-27-22(28(21)13-19-5-2-10-30-19)31-14-20(29)25-18-4-1-3-15(11-18)12-24/h1,3-4,6-9,11,19H,2,5,10,13-14H2,(H,25,29)/t19-/m1/s1. The van der Waals surface area contributed by atoms with Crippen molar-refractivity contribution in [1.29, 1.82) is 5.26 Å². The summed E-state index contributed by atoms with van der Waals surface area (Å²) in [5.74, 6) is 0.208. The van der Waals surface area contributed by atoms with E-state index in [9.17, 15) is 9.18 Å². The molecule has 0 bridgehead atoms. The first-order valence-corrected chi connectivity index (χ1v) is 10.8. The molecule has 0 unspecified atom stereocenters. The molecule has 1 atom stereocenters. The van der Waals surface area contributed by atoms with E-state index in [1.807, 2.05) is 10.6 Å². The number of nitrogens with zero attached hydrogens (tertiary/aromatic N) is 4. The van der Waals surface area contributed by atoms with Gasteiger partial charge in [0.25, 0.3) is 0 Å². The number of hydrogen-bond acceptors (Lipinski definition) is 6. The highest BCUT2D eigenvalue weighted by atomic mass is 32.2. The average molecular weight is 438 g/mol. The summed E-state index contributed by atoms with van der Waals surface area (Å²) in [5.41, 5.74) is 1.79. The number of carbonyl (C=O) groups is 1. The topological polar surface area (TPSA) is 92.8 Å². The molecule has 31 heavy (non-hydrogen) atoms. The second-order valence-electron chi connectivity index (χ2n) is 7.09. The van der Waals surface area contributed by atoms with E-state index >= 15 is 0 Å². The summed E-state index contributed by atoms with van der Waals surface area (Å²) in [4.78, 5) is 12.4. The molecule has 1 aliphatic rings. The Bertz CT molecular complexity index is 1100. The first kappa shape index (κ1) is 21.0. The van der Waals surface area contributed by atoms with Gasteiger partial charge in [-0.1, -0.05) is 17.8 Å². The van der Waals surface area contributed by atoms with Crippen molar-refractivity contribution in [3.05, 3.63) is 59.9 Å². The van der Waals surface area contributed by atoms with Crippen LogP contribution in [-0.4, -0.2) is 39.1 Å². The highest BCUT2D eigenvalue weighted by molar-refractivity contribution is 7.99. The minimum Gasteiger partial charge on any atom is -0.376 e. The molecular weight excluding hydrogens is 417 g/mol. The molecule has 0 aliphatic carbocycles. The number of nitrogens with one attached hydrogen (secondary N) is 1. The number of aromatic nitrogens is 3. The number of anilines is 1. The minimum absolute atomic E-state index is 0.0529. The fraction of sp³-hybridized carbons (Fsp3) is 0.273. The molecule has 1 amide bonds. The van der Waals surface area contributed by atoms with E-state index in [1.165, 1.54) is 23.9 Å². The van der Waals surface area contributed by atoms with E-state index in [2.05, 4.69) is 15.5 Å². The molecule has 7 nitrogen and oxygen atoms in total. The van der Waals surface area contributed by atoms with E-state index < -0.39 is 0 Å². The molecule has 1 saturated heterocycles. The maximum Gasteiger partial charge on any atom is 0.234 e. The number of carbonyl (C=O) groups excluding carboxylic acids is 1. The molecule has 1 aliphatic heterocycles. The second kappa shape index (κ2) is 9.73. The van der Waals surface area contributed by atoms with Crippen LogP contribution < -0.4 is 5.32 Å². The molecule has 4 rings (SSSR count). The van der Waals surface area contributed by atoms with Crippen LogP contribution in [0.25, 0.3) is 11.4 Å². The Morgan fingerprint density at radius 1 is 1.29 bits per heavy atom. The van der Waals surface area contributed by atoms with E-state index in [0.717, 1.165) is 25.0 Å². The van der Waals surface area contributed by atoms with Crippen molar-refractivity contribution >= 4 is 23.4 Å². The lowest BCUT2D eigenvalue weighted by Gasteiger charge is -2.14. The average Bonchev–Trinajstić information content (AvgIpc) is 3.43. The quantitative estimate of drug-likeness (QED) is 0.564. The number of ether oxygens (including phenoxy) is 1. The molecule has 1 aromatic heterocycles. The number of hydrogen-bond donors (Lipinski definition) is 1. The number of nitriles is 1. The number of rotatable bonds is 7. The molecule has 2 aromatic carbocycles. The fourth-order valence-corrected chi connectivity index (χ4v) is 4.11. The summed E-state index contributed by atoms with van der Waals surface area (Å²) in [6.45, 7) is 1.29. The molecule has 0 saturated carbocycles. The van der Waals surface area contributed by atoms with Gasteiger partial charge in [-0.3, -0.25) is 9.36 Å². The normalized spacial score (nSPS) is 15.5. The highest BCUT2D eigenvalue weighted by Crippen LogP contribution is 2.27. The van der Waals surface area contributed by atoms with Crippen LogP contribution in [0.15, 0.2) is 53.7 Å². The second-order valence-corrected chi connectivity index (χ2v) is 8.03. The van der Waals surface area contributed by atoms with Crippen molar-refractivity contribution in [2.24, 2.45) is 0 Å². The SMILES string of the molecule is N#Cc1cccc(NC(=O)CSc2nnc(-c3ccc(F)cc3)n2C[C@H]2CCCO2)c1. The van der Waals surface area contributed by atoms with Crippen LogP contribution in [0.3, 0.4) is 0 Å². The zero-order valence-electron chi connectivity index (χ0n) is 16.6. The molecule has 3 aromatic rings. The molecule has 0 radical (unpaired) electrons. The van der Waals surface area contributed by atoms with Crippen molar-refractivity contribution in [3.63, 3.8) is 0 Å². The van der Waals surface area contributed by atoms with Crippen molar-refractivity contribution in [2.45, 2.75) is 30.6 Å². The van der Waals surface area contributed by atoms with E-state index in [4.69, 9.17) is 10.00 Å². The summed E-state index contributed by atoms with van der Waals surface area (Å²) >= 11 is 1.27. The number of amides is 1. The monoisotopic (exact) mass is 437 g/mol. The van der Waals surface area contributed by atoms with Crippen LogP contribution >= 0.6 is 11.8 Å². The lowest BCUT2D eigenvalue weighted by atomic mass is 10.2. The van der Waals surface area contributed by atoms with Gasteiger partial charge in [-0.05, 0) is 55.3 Å². The van der Waals surface area contributed by atoms with Crippen LogP contribution in [0.1, 0.15) is 18.4 Å². The van der Waals surface area contributed by atoms with Gasteiger partial charge in [0.1, 0.15) is 5.82 Å². The Kier molecular flexibility index (Phi) is 6.60. The maximum absolute atomic E-state index is 13.3. The lowest BCUT2D eigenvalue weighted by molar-refractivity contribution is -0.113. The first-order chi connectivity index (χ1) is 15.1. The van der Waals surface area contributed by atoms with Gasteiger partial charge in [0.2, 0.25) is 5.91 Å². The largest absolute Gasteiger partial charge is 0.376 e. The Hall–Kier alpha value is -3.22. The van der Waals surface area contributed by atoms with Gasteiger partial charge in [0.15, 0.2) is 11.0 Å². The summed E-state index contributed by atoms with van der Waals surface area (Å²) in [7, 11) is 0. The van der Waals surface area contributed by atoms with Crippen LogP contribution in [0, 0.1) is 17.1 Å². The van der Waals surface area contributed by atoms with Crippen molar-refractivity contribution in [1.82, 2.24) is 14.8 Å². The summed E-state index contributed by atoms with van der Waals surface area (Å²) in [6.07, 6.45) is 2.00. The van der Waals surface area contributed by atoms with Gasteiger partial charge in [-0.15, -0.1) is 10.2 Å². The Labute approximate surface area is 183 Å². The molecule has 158 valence electrons. The Morgan fingerprint density at radius 3 is 2.87 bits per heavy atom. The third-order valence-corrected chi connectivity index (χ3v) is 5.80. The van der Waals surface area contributed by atoms with Crippen molar-refractivity contribution in [3.8, 4) is 17.5 Å². The van der Waals surface area contributed by atoms with Gasteiger partial charge in [-0.25, -0.2) is 4.39 Å². The highest BCUT2D eigenvalue weighted by Gasteiger charge is 2.22. The third kappa shape index (κ3) is 5.29. The predicted octanol–water partition coefficient (Wildman–Crippen LogP) is 3.87. The zero-order valence-corrected chi connectivity index (χ0v) is 17.4. The van der Waals surface area contributed by atoms with Gasteiger partial charge in [0, 0.05) is 17.9 Å². The molecule has 2 heterocycles. The van der Waals surface area contributed by atoms with E-state index in [0.29, 0.717) is 28.8 Å². The molecule has 1 fully saturated rings. The van der Waals surface area contributed by atoms with E-state index in [-0.39, 0.29) is 23.6 Å². The number of halogens is 1. The Balaban J connectivity index is 1.49. The lowest BCUT2D eigenvalue weighted by Crippen LogP contribution is -2.18. The van der Waals surface area contributed by atoms with Crippen LogP contribution in [-0.2, 0) is 16.1 Å². The summed E-state index contributed by atoms with van der Waals surface area (Å²) < 4.78 is 21.0. The van der Waals surface area contributed by atoms with Gasteiger partial charge in [-0.2, -0.15) is 5.26 Å². The molecular formula is C22H20FN5O2S. The zero-order chi connectivity index (χ0) is 21.6.